The van der Waals surface area contributed by atoms with Crippen LogP contribution in [0.2, 0.25) is 0 Å². The Morgan fingerprint density at radius 2 is 1.75 bits per heavy atom. The molecule has 0 aromatic heterocycles. The minimum Gasteiger partial charge on any atom is -0.486 e. The van der Waals surface area contributed by atoms with Crippen molar-refractivity contribution in [3.05, 3.63) is 29.8 Å². The SMILES string of the molecule is O=C(COc1ccc([C@H]2OC(CO)[C@@H](O)C(O)C2O)cc1)C1CC1. The molecule has 1 aliphatic heterocycles. The lowest BCUT2D eigenvalue weighted by molar-refractivity contribution is -0.231. The Morgan fingerprint density at radius 1 is 1.08 bits per heavy atom. The number of aliphatic hydroxyl groups excluding tert-OH is 4. The van der Waals surface area contributed by atoms with E-state index in [1.165, 1.54) is 0 Å². The minimum absolute atomic E-state index is 0.0457. The number of ketones is 1. The number of hydrogen-bond acceptors (Lipinski definition) is 7. The van der Waals surface area contributed by atoms with Crippen LogP contribution in [0.1, 0.15) is 24.5 Å². The summed E-state index contributed by atoms with van der Waals surface area (Å²) >= 11 is 0. The molecule has 0 amide bonds. The molecule has 1 saturated carbocycles. The fourth-order valence-corrected chi connectivity index (χ4v) is 2.81. The number of rotatable bonds is 6. The molecule has 3 rings (SSSR count). The summed E-state index contributed by atoms with van der Waals surface area (Å²) in [5.41, 5.74) is 0.577. The van der Waals surface area contributed by atoms with E-state index in [2.05, 4.69) is 0 Å². The first-order chi connectivity index (χ1) is 11.5. The highest BCUT2D eigenvalue weighted by atomic mass is 16.5. The summed E-state index contributed by atoms with van der Waals surface area (Å²) in [7, 11) is 0. The second-order valence-corrected chi connectivity index (χ2v) is 6.35. The zero-order chi connectivity index (χ0) is 17.3. The van der Waals surface area contributed by atoms with Crippen LogP contribution in [0.3, 0.4) is 0 Å². The van der Waals surface area contributed by atoms with E-state index in [1.54, 1.807) is 24.3 Å². The van der Waals surface area contributed by atoms with E-state index in [0.717, 1.165) is 12.8 Å². The Balaban J connectivity index is 1.64. The number of benzene rings is 1. The molecule has 7 heteroatoms. The molecule has 1 saturated heterocycles. The molecule has 1 aliphatic carbocycles. The van der Waals surface area contributed by atoms with Crippen molar-refractivity contribution in [2.45, 2.75) is 43.4 Å². The molecule has 132 valence electrons. The first-order valence-electron chi connectivity index (χ1n) is 8.07. The molecule has 0 radical (unpaired) electrons. The third kappa shape index (κ3) is 3.60. The zero-order valence-electron chi connectivity index (χ0n) is 13.1. The fraction of sp³-hybridized carbons (Fsp3) is 0.588. The van der Waals surface area contributed by atoms with Crippen molar-refractivity contribution in [1.82, 2.24) is 0 Å². The lowest BCUT2D eigenvalue weighted by atomic mass is 9.91. The van der Waals surface area contributed by atoms with Crippen LogP contribution in [0.5, 0.6) is 5.75 Å². The largest absolute Gasteiger partial charge is 0.486 e. The molecular formula is C17H22O7. The number of hydrogen-bond donors (Lipinski definition) is 4. The Labute approximate surface area is 139 Å². The second-order valence-electron chi connectivity index (χ2n) is 6.35. The summed E-state index contributed by atoms with van der Waals surface area (Å²) in [4.78, 5) is 11.6. The van der Waals surface area contributed by atoms with Gasteiger partial charge in [0, 0.05) is 5.92 Å². The van der Waals surface area contributed by atoms with Gasteiger partial charge in [0.25, 0.3) is 0 Å². The van der Waals surface area contributed by atoms with Gasteiger partial charge in [0.15, 0.2) is 5.78 Å². The van der Waals surface area contributed by atoms with E-state index in [9.17, 15) is 25.2 Å². The van der Waals surface area contributed by atoms with E-state index in [0.29, 0.717) is 11.3 Å². The quantitative estimate of drug-likeness (QED) is 0.555. The third-order valence-corrected chi connectivity index (χ3v) is 4.51. The highest BCUT2D eigenvalue weighted by Crippen LogP contribution is 2.33. The molecule has 1 aromatic rings. The molecule has 24 heavy (non-hydrogen) atoms. The highest BCUT2D eigenvalue weighted by Gasteiger charge is 2.43. The van der Waals surface area contributed by atoms with Gasteiger partial charge in [0.05, 0.1) is 6.61 Å². The van der Waals surface area contributed by atoms with Gasteiger partial charge in [-0.25, -0.2) is 0 Å². The first kappa shape index (κ1) is 17.3. The summed E-state index contributed by atoms with van der Waals surface area (Å²) in [5, 5.41) is 38.9. The summed E-state index contributed by atoms with van der Waals surface area (Å²) in [6.07, 6.45) is -4.03. The van der Waals surface area contributed by atoms with Crippen molar-refractivity contribution in [2.75, 3.05) is 13.2 Å². The van der Waals surface area contributed by atoms with Crippen LogP contribution in [0.15, 0.2) is 24.3 Å². The normalized spacial score (nSPS) is 33.2. The average Bonchev–Trinajstić information content (AvgIpc) is 3.44. The van der Waals surface area contributed by atoms with Crippen LogP contribution in [-0.4, -0.2) is 63.8 Å². The monoisotopic (exact) mass is 338 g/mol. The molecule has 4 N–H and O–H groups in total. The number of carbonyl (C=O) groups is 1. The van der Waals surface area contributed by atoms with E-state index < -0.39 is 37.1 Å². The number of aliphatic hydroxyl groups is 4. The molecule has 0 spiro atoms. The molecule has 2 aliphatic rings. The molecule has 2 fully saturated rings. The van der Waals surface area contributed by atoms with Crippen molar-refractivity contribution < 1.29 is 34.7 Å². The van der Waals surface area contributed by atoms with Gasteiger partial charge in [-0.15, -0.1) is 0 Å². The van der Waals surface area contributed by atoms with Gasteiger partial charge in [-0.05, 0) is 30.5 Å². The Kier molecular flexibility index (Phi) is 5.17. The van der Waals surface area contributed by atoms with Crippen molar-refractivity contribution in [1.29, 1.82) is 0 Å². The molecule has 0 bridgehead atoms. The fourth-order valence-electron chi connectivity index (χ4n) is 2.81. The van der Waals surface area contributed by atoms with Crippen molar-refractivity contribution in [3.8, 4) is 5.75 Å². The van der Waals surface area contributed by atoms with Gasteiger partial charge in [-0.1, -0.05) is 12.1 Å². The standard InChI is InChI=1S/C17H22O7/c18-7-13-14(20)15(21)16(22)17(24-13)10-3-5-11(6-4-10)23-8-12(19)9-1-2-9/h3-6,9,13-18,20-22H,1-2,7-8H2/t13?,14-,15?,16?,17-/m1/s1. The third-order valence-electron chi connectivity index (χ3n) is 4.51. The maximum Gasteiger partial charge on any atom is 0.173 e. The van der Waals surface area contributed by atoms with Crippen LogP contribution in [0, 0.1) is 5.92 Å². The van der Waals surface area contributed by atoms with Gasteiger partial charge >= 0.3 is 0 Å². The van der Waals surface area contributed by atoms with Crippen molar-refractivity contribution in [3.63, 3.8) is 0 Å². The van der Waals surface area contributed by atoms with Crippen molar-refractivity contribution in [2.24, 2.45) is 5.92 Å². The van der Waals surface area contributed by atoms with Gasteiger partial charge < -0.3 is 29.9 Å². The summed E-state index contributed by atoms with van der Waals surface area (Å²) in [6, 6.07) is 6.61. The Bertz CT molecular complexity index is 567. The van der Waals surface area contributed by atoms with Gasteiger partial charge in [0.2, 0.25) is 0 Å². The van der Waals surface area contributed by atoms with Crippen LogP contribution >= 0.6 is 0 Å². The van der Waals surface area contributed by atoms with Crippen LogP contribution in [0.25, 0.3) is 0 Å². The Hall–Kier alpha value is -1.51. The zero-order valence-corrected chi connectivity index (χ0v) is 13.1. The minimum atomic E-state index is -1.41. The molecular weight excluding hydrogens is 316 g/mol. The lowest BCUT2D eigenvalue weighted by Gasteiger charge is -2.40. The predicted octanol–water partition coefficient (Wildman–Crippen LogP) is -0.441. The van der Waals surface area contributed by atoms with E-state index in [4.69, 9.17) is 9.47 Å². The Morgan fingerprint density at radius 3 is 2.33 bits per heavy atom. The van der Waals surface area contributed by atoms with Crippen LogP contribution in [0.4, 0.5) is 0 Å². The number of ether oxygens (including phenoxy) is 2. The second kappa shape index (κ2) is 7.16. The summed E-state index contributed by atoms with van der Waals surface area (Å²) in [6.45, 7) is -0.421. The average molecular weight is 338 g/mol. The molecule has 7 nitrogen and oxygen atoms in total. The van der Waals surface area contributed by atoms with E-state index in [-0.39, 0.29) is 18.3 Å². The highest BCUT2D eigenvalue weighted by molar-refractivity contribution is 5.84. The predicted molar refractivity (Wildman–Crippen MR) is 82.4 cm³/mol. The topological polar surface area (TPSA) is 116 Å². The molecule has 3 unspecified atom stereocenters. The smallest absolute Gasteiger partial charge is 0.173 e. The number of carbonyl (C=O) groups excluding carboxylic acids is 1. The summed E-state index contributed by atoms with van der Waals surface area (Å²) < 4.78 is 10.9. The first-order valence-corrected chi connectivity index (χ1v) is 8.07. The van der Waals surface area contributed by atoms with Gasteiger partial charge in [-0.2, -0.15) is 0 Å². The van der Waals surface area contributed by atoms with E-state index >= 15 is 0 Å². The maximum absolute atomic E-state index is 11.6. The lowest BCUT2D eigenvalue weighted by Crippen LogP contribution is -2.55. The van der Waals surface area contributed by atoms with Crippen LogP contribution < -0.4 is 4.74 Å². The molecule has 1 aromatic carbocycles. The summed E-state index contributed by atoms with van der Waals surface area (Å²) in [5.74, 6) is 0.781. The van der Waals surface area contributed by atoms with Crippen molar-refractivity contribution >= 4 is 5.78 Å². The molecule has 1 heterocycles. The van der Waals surface area contributed by atoms with E-state index in [1.807, 2.05) is 0 Å². The number of Topliss-reactive ketones (excluding diaryl/α,β-unsaturated/α-hetero) is 1. The van der Waals surface area contributed by atoms with Gasteiger partial charge in [0.1, 0.15) is 42.9 Å². The van der Waals surface area contributed by atoms with Gasteiger partial charge in [-0.3, -0.25) is 4.79 Å². The maximum atomic E-state index is 11.6. The van der Waals surface area contributed by atoms with Crippen LogP contribution in [-0.2, 0) is 9.53 Å². The molecule has 5 atom stereocenters.